The minimum atomic E-state index is -0.0926. The van der Waals surface area contributed by atoms with Crippen LogP contribution in [0.3, 0.4) is 0 Å². The van der Waals surface area contributed by atoms with Gasteiger partial charge in [-0.1, -0.05) is 30.3 Å². The zero-order chi connectivity index (χ0) is 16.9. The van der Waals surface area contributed by atoms with E-state index in [-0.39, 0.29) is 24.1 Å². The molecule has 2 aromatic carbocycles. The molecule has 134 valence electrons. The van der Waals surface area contributed by atoms with Gasteiger partial charge < -0.3 is 14.4 Å². The van der Waals surface area contributed by atoms with Crippen molar-refractivity contribution in [2.24, 2.45) is 5.92 Å². The van der Waals surface area contributed by atoms with Gasteiger partial charge in [-0.2, -0.15) is 0 Å². The Kier molecular flexibility index (Phi) is 6.85. The van der Waals surface area contributed by atoms with Crippen LogP contribution in [0.15, 0.2) is 48.5 Å². The smallest absolute Gasteiger partial charge is 0.167 e. The zero-order valence-electron chi connectivity index (χ0n) is 14.6. The summed E-state index contributed by atoms with van der Waals surface area (Å²) >= 11 is 0. The van der Waals surface area contributed by atoms with Gasteiger partial charge in [-0.3, -0.25) is 4.79 Å². The molecule has 1 aliphatic heterocycles. The number of hydrogen-bond donors (Lipinski definition) is 0. The van der Waals surface area contributed by atoms with E-state index in [1.165, 1.54) is 5.56 Å². The quantitative estimate of drug-likeness (QED) is 0.738. The van der Waals surface area contributed by atoms with E-state index in [2.05, 4.69) is 17.0 Å². The van der Waals surface area contributed by atoms with Crippen LogP contribution in [0.25, 0.3) is 0 Å². The normalized spacial score (nSPS) is 13.9. The van der Waals surface area contributed by atoms with Gasteiger partial charge in [0.1, 0.15) is 13.2 Å². The van der Waals surface area contributed by atoms with Crippen LogP contribution in [0.1, 0.15) is 15.9 Å². The molecule has 1 aliphatic rings. The molecule has 0 fully saturated rings. The van der Waals surface area contributed by atoms with Crippen LogP contribution >= 0.6 is 12.4 Å². The van der Waals surface area contributed by atoms with Crippen LogP contribution in [0.2, 0.25) is 0 Å². The van der Waals surface area contributed by atoms with E-state index in [0.29, 0.717) is 36.8 Å². The van der Waals surface area contributed by atoms with Crippen molar-refractivity contribution in [2.45, 2.75) is 6.42 Å². The van der Waals surface area contributed by atoms with Gasteiger partial charge in [0.15, 0.2) is 17.3 Å². The summed E-state index contributed by atoms with van der Waals surface area (Å²) in [5, 5.41) is 0. The van der Waals surface area contributed by atoms with E-state index in [9.17, 15) is 4.79 Å². The lowest BCUT2D eigenvalue weighted by Gasteiger charge is -2.22. The maximum atomic E-state index is 13.0. The van der Waals surface area contributed by atoms with Gasteiger partial charge >= 0.3 is 0 Å². The number of benzene rings is 2. The number of fused-ring (bicyclic) bond motifs is 1. The second-order valence-electron chi connectivity index (χ2n) is 6.37. The monoisotopic (exact) mass is 361 g/mol. The first-order chi connectivity index (χ1) is 11.6. The van der Waals surface area contributed by atoms with Crippen LogP contribution in [-0.2, 0) is 6.42 Å². The number of hydrogen-bond acceptors (Lipinski definition) is 4. The van der Waals surface area contributed by atoms with Crippen LogP contribution in [-0.4, -0.2) is 44.5 Å². The number of ketones is 1. The first kappa shape index (κ1) is 19.3. The Labute approximate surface area is 155 Å². The molecular formula is C20H24ClNO3. The molecule has 0 radical (unpaired) electrons. The number of carbonyl (C=O) groups excluding carboxylic acids is 1. The van der Waals surface area contributed by atoms with Crippen molar-refractivity contribution in [3.63, 3.8) is 0 Å². The molecular weight excluding hydrogens is 338 g/mol. The maximum Gasteiger partial charge on any atom is 0.167 e. The van der Waals surface area contributed by atoms with Crippen LogP contribution in [0, 0.1) is 5.92 Å². The average molecular weight is 362 g/mol. The molecule has 0 spiro atoms. The molecule has 1 atom stereocenters. The minimum Gasteiger partial charge on any atom is -0.486 e. The van der Waals surface area contributed by atoms with Gasteiger partial charge in [-0.25, -0.2) is 0 Å². The molecule has 2 aromatic rings. The van der Waals surface area contributed by atoms with E-state index >= 15 is 0 Å². The third-order valence-corrected chi connectivity index (χ3v) is 4.11. The topological polar surface area (TPSA) is 38.8 Å². The van der Waals surface area contributed by atoms with Gasteiger partial charge in [0.25, 0.3) is 0 Å². The van der Waals surface area contributed by atoms with Crippen LogP contribution in [0.4, 0.5) is 0 Å². The van der Waals surface area contributed by atoms with E-state index in [1.807, 2.05) is 50.5 Å². The Hall–Kier alpha value is -2.04. The second kappa shape index (κ2) is 8.88. The van der Waals surface area contributed by atoms with E-state index in [4.69, 9.17) is 9.47 Å². The third kappa shape index (κ3) is 4.97. The third-order valence-electron chi connectivity index (χ3n) is 4.11. The number of Topliss-reactive ketones (excluding diaryl/α,β-unsaturated/α-hetero) is 1. The minimum absolute atomic E-state index is 0. The summed E-state index contributed by atoms with van der Waals surface area (Å²) in [7, 11) is 3.99. The second-order valence-corrected chi connectivity index (χ2v) is 6.37. The fourth-order valence-corrected chi connectivity index (χ4v) is 3.01. The number of ether oxygens (including phenoxy) is 2. The van der Waals surface area contributed by atoms with Crippen molar-refractivity contribution in [1.82, 2.24) is 4.90 Å². The highest BCUT2D eigenvalue weighted by Crippen LogP contribution is 2.31. The first-order valence-corrected chi connectivity index (χ1v) is 8.26. The summed E-state index contributed by atoms with van der Waals surface area (Å²) in [4.78, 5) is 15.1. The Morgan fingerprint density at radius 1 is 1.04 bits per heavy atom. The SMILES string of the molecule is CN(C)CC(Cc1ccccc1)C(=O)c1ccc2c(c1)OCCO2.Cl. The highest BCUT2D eigenvalue weighted by molar-refractivity contribution is 5.98. The fraction of sp³-hybridized carbons (Fsp3) is 0.350. The molecule has 0 N–H and O–H groups in total. The lowest BCUT2D eigenvalue weighted by molar-refractivity contribution is 0.0895. The molecule has 0 bridgehead atoms. The molecule has 4 nitrogen and oxygen atoms in total. The summed E-state index contributed by atoms with van der Waals surface area (Å²) < 4.78 is 11.1. The Bertz CT molecular complexity index is 703. The molecule has 1 unspecified atom stereocenters. The molecule has 0 saturated heterocycles. The Morgan fingerprint density at radius 3 is 2.40 bits per heavy atom. The first-order valence-electron chi connectivity index (χ1n) is 8.26. The lowest BCUT2D eigenvalue weighted by atomic mass is 9.90. The van der Waals surface area contributed by atoms with Gasteiger partial charge in [-0.05, 0) is 44.3 Å². The lowest BCUT2D eigenvalue weighted by Crippen LogP contribution is -2.30. The predicted molar refractivity (Wildman–Crippen MR) is 101 cm³/mol. The zero-order valence-corrected chi connectivity index (χ0v) is 15.4. The molecule has 1 heterocycles. The van der Waals surface area contributed by atoms with Crippen molar-refractivity contribution < 1.29 is 14.3 Å². The average Bonchev–Trinajstić information content (AvgIpc) is 2.60. The van der Waals surface area contributed by atoms with Crippen molar-refractivity contribution in [2.75, 3.05) is 33.9 Å². The summed E-state index contributed by atoms with van der Waals surface area (Å²) in [5.41, 5.74) is 1.86. The molecule has 0 aliphatic carbocycles. The summed E-state index contributed by atoms with van der Waals surface area (Å²) in [6.07, 6.45) is 0.728. The molecule has 25 heavy (non-hydrogen) atoms. The number of carbonyl (C=O) groups is 1. The standard InChI is InChI=1S/C20H23NO3.ClH/c1-21(2)14-17(12-15-6-4-3-5-7-15)20(22)16-8-9-18-19(13-16)24-11-10-23-18;/h3-9,13,17H,10-12,14H2,1-2H3;1H. The molecule has 5 heteroatoms. The largest absolute Gasteiger partial charge is 0.486 e. The summed E-state index contributed by atoms with van der Waals surface area (Å²) in [5.74, 6) is 1.43. The Balaban J connectivity index is 0.00000225. The number of rotatable bonds is 6. The van der Waals surface area contributed by atoms with Gasteiger partial charge in [0, 0.05) is 18.0 Å². The predicted octanol–water partition coefficient (Wildman–Crippen LogP) is 3.48. The van der Waals surface area contributed by atoms with Crippen molar-refractivity contribution >= 4 is 18.2 Å². The summed E-state index contributed by atoms with van der Waals surface area (Å²) in [6.45, 7) is 1.79. The van der Waals surface area contributed by atoms with E-state index in [0.717, 1.165) is 6.42 Å². The maximum absolute atomic E-state index is 13.0. The molecule has 3 rings (SSSR count). The van der Waals surface area contributed by atoms with E-state index < -0.39 is 0 Å². The van der Waals surface area contributed by atoms with E-state index in [1.54, 1.807) is 0 Å². The van der Waals surface area contributed by atoms with Crippen molar-refractivity contribution in [1.29, 1.82) is 0 Å². The van der Waals surface area contributed by atoms with Crippen molar-refractivity contribution in [3.05, 3.63) is 59.7 Å². The van der Waals surface area contributed by atoms with Gasteiger partial charge in [0.05, 0.1) is 0 Å². The van der Waals surface area contributed by atoms with Crippen LogP contribution in [0.5, 0.6) is 11.5 Å². The van der Waals surface area contributed by atoms with Gasteiger partial charge in [0.2, 0.25) is 0 Å². The van der Waals surface area contributed by atoms with Crippen LogP contribution < -0.4 is 9.47 Å². The molecule has 0 amide bonds. The number of nitrogens with zero attached hydrogens (tertiary/aromatic N) is 1. The van der Waals surface area contributed by atoms with Gasteiger partial charge in [-0.15, -0.1) is 12.4 Å². The Morgan fingerprint density at radius 2 is 1.72 bits per heavy atom. The molecule has 0 saturated carbocycles. The molecule has 0 aromatic heterocycles. The highest BCUT2D eigenvalue weighted by Gasteiger charge is 2.23. The fourth-order valence-electron chi connectivity index (χ4n) is 3.01. The summed E-state index contributed by atoms with van der Waals surface area (Å²) in [6, 6.07) is 15.6. The number of halogens is 1. The van der Waals surface area contributed by atoms with Crippen molar-refractivity contribution in [3.8, 4) is 11.5 Å². The highest BCUT2D eigenvalue weighted by atomic mass is 35.5.